The van der Waals surface area contributed by atoms with E-state index < -0.39 is 0 Å². The Labute approximate surface area is 101 Å². The number of anilines is 1. The molecule has 1 aliphatic heterocycles. The number of alkyl halides is 1. The van der Waals surface area contributed by atoms with E-state index in [9.17, 15) is 4.39 Å². The van der Waals surface area contributed by atoms with E-state index in [-0.39, 0.29) is 6.67 Å². The molecule has 0 aliphatic carbocycles. The molecule has 0 radical (unpaired) electrons. The first-order valence-electron chi connectivity index (χ1n) is 5.86. The van der Waals surface area contributed by atoms with Crippen LogP contribution in [-0.4, -0.2) is 49.3 Å². The Bertz CT molecular complexity index is 355. The predicted octanol–water partition coefficient (Wildman–Crippen LogP) is 1.55. The van der Waals surface area contributed by atoms with Crippen LogP contribution in [0.4, 0.5) is 10.2 Å². The summed E-state index contributed by atoms with van der Waals surface area (Å²) < 4.78 is 17.1. The van der Waals surface area contributed by atoms with Gasteiger partial charge in [0, 0.05) is 31.9 Å². The van der Waals surface area contributed by atoms with E-state index in [4.69, 9.17) is 4.74 Å². The van der Waals surface area contributed by atoms with Gasteiger partial charge in [-0.2, -0.15) is 0 Å². The topological polar surface area (TPSA) is 37.4 Å². The van der Waals surface area contributed by atoms with Crippen molar-refractivity contribution in [3.8, 4) is 5.75 Å². The fourth-order valence-electron chi connectivity index (χ4n) is 1.95. The number of nitrogens with zero attached hydrogens (tertiary/aromatic N) is 2. The van der Waals surface area contributed by atoms with Crippen molar-refractivity contribution in [3.63, 3.8) is 0 Å². The quantitative estimate of drug-likeness (QED) is 0.817. The second-order valence-corrected chi connectivity index (χ2v) is 4.22. The maximum Gasteiger partial charge on any atom is 0.129 e. The molecule has 1 aliphatic rings. The molecule has 17 heavy (non-hydrogen) atoms. The fraction of sp³-hybridized carbons (Fsp3) is 0.583. The van der Waals surface area contributed by atoms with Gasteiger partial charge in [0.25, 0.3) is 0 Å². The molecular formula is C12H18FN3O. The largest absolute Gasteiger partial charge is 0.497 e. The van der Waals surface area contributed by atoms with Crippen molar-refractivity contribution in [1.82, 2.24) is 9.88 Å². The van der Waals surface area contributed by atoms with Gasteiger partial charge in [0.1, 0.15) is 11.6 Å². The van der Waals surface area contributed by atoms with Crippen molar-refractivity contribution in [2.24, 2.45) is 0 Å². The van der Waals surface area contributed by atoms with Crippen LogP contribution in [0.5, 0.6) is 5.75 Å². The molecule has 2 rings (SSSR count). The molecule has 5 heteroatoms. The SMILES string of the molecule is COc1ccnc(NC2CN(CCCF)C2)c1. The van der Waals surface area contributed by atoms with Crippen LogP contribution in [0.1, 0.15) is 6.42 Å². The van der Waals surface area contributed by atoms with Gasteiger partial charge < -0.3 is 10.1 Å². The Morgan fingerprint density at radius 3 is 3.12 bits per heavy atom. The molecule has 0 atom stereocenters. The normalized spacial score (nSPS) is 16.6. The molecule has 1 saturated heterocycles. The van der Waals surface area contributed by atoms with Gasteiger partial charge in [0.2, 0.25) is 0 Å². The zero-order valence-electron chi connectivity index (χ0n) is 10.0. The minimum Gasteiger partial charge on any atom is -0.497 e. The minimum atomic E-state index is -0.230. The molecule has 0 unspecified atom stereocenters. The summed E-state index contributed by atoms with van der Waals surface area (Å²) in [6.07, 6.45) is 2.35. The summed E-state index contributed by atoms with van der Waals surface area (Å²) in [5.74, 6) is 1.63. The summed E-state index contributed by atoms with van der Waals surface area (Å²) in [6, 6.07) is 4.11. The summed E-state index contributed by atoms with van der Waals surface area (Å²) in [4.78, 5) is 6.46. The number of ether oxygens (including phenoxy) is 1. The Hall–Kier alpha value is -1.36. The first-order valence-corrected chi connectivity index (χ1v) is 5.86. The third kappa shape index (κ3) is 3.30. The van der Waals surface area contributed by atoms with Crippen LogP contribution in [0.3, 0.4) is 0 Å². The van der Waals surface area contributed by atoms with Crippen molar-refractivity contribution in [1.29, 1.82) is 0 Å². The van der Waals surface area contributed by atoms with Gasteiger partial charge in [-0.3, -0.25) is 9.29 Å². The highest BCUT2D eigenvalue weighted by Crippen LogP contribution is 2.17. The number of aromatic nitrogens is 1. The van der Waals surface area contributed by atoms with E-state index in [1.165, 1.54) is 0 Å². The second-order valence-electron chi connectivity index (χ2n) is 4.22. The third-order valence-electron chi connectivity index (χ3n) is 2.88. The van der Waals surface area contributed by atoms with Crippen molar-refractivity contribution < 1.29 is 9.13 Å². The number of hydrogen-bond donors (Lipinski definition) is 1. The Balaban J connectivity index is 1.75. The van der Waals surface area contributed by atoms with Crippen LogP contribution in [0, 0.1) is 0 Å². The lowest BCUT2D eigenvalue weighted by atomic mass is 10.1. The van der Waals surface area contributed by atoms with E-state index in [1.807, 2.05) is 12.1 Å². The van der Waals surface area contributed by atoms with Gasteiger partial charge in [-0.25, -0.2) is 4.98 Å². The molecule has 1 N–H and O–H groups in total. The average Bonchev–Trinajstić information content (AvgIpc) is 2.32. The standard InChI is InChI=1S/C12H18FN3O/c1-17-11-3-5-14-12(7-11)15-10-8-16(9-10)6-2-4-13/h3,5,7,10H,2,4,6,8-9H2,1H3,(H,14,15). The van der Waals surface area contributed by atoms with Crippen LogP contribution in [-0.2, 0) is 0 Å². The molecule has 2 heterocycles. The maximum atomic E-state index is 12.0. The molecular weight excluding hydrogens is 221 g/mol. The lowest BCUT2D eigenvalue weighted by Gasteiger charge is -2.39. The highest BCUT2D eigenvalue weighted by atomic mass is 19.1. The smallest absolute Gasteiger partial charge is 0.129 e. The molecule has 4 nitrogen and oxygen atoms in total. The fourth-order valence-corrected chi connectivity index (χ4v) is 1.95. The van der Waals surface area contributed by atoms with E-state index in [1.54, 1.807) is 13.3 Å². The molecule has 0 saturated carbocycles. The Kier molecular flexibility index (Phi) is 4.14. The molecule has 0 aromatic carbocycles. The van der Waals surface area contributed by atoms with Crippen LogP contribution < -0.4 is 10.1 Å². The number of hydrogen-bond acceptors (Lipinski definition) is 4. The number of likely N-dealkylation sites (tertiary alicyclic amines) is 1. The summed E-state index contributed by atoms with van der Waals surface area (Å²) in [5.41, 5.74) is 0. The molecule has 0 spiro atoms. The molecule has 1 fully saturated rings. The monoisotopic (exact) mass is 239 g/mol. The van der Waals surface area contributed by atoms with Gasteiger partial charge in [-0.05, 0) is 12.5 Å². The number of rotatable bonds is 6. The highest BCUT2D eigenvalue weighted by Gasteiger charge is 2.25. The minimum absolute atomic E-state index is 0.230. The zero-order chi connectivity index (χ0) is 12.1. The first kappa shape index (κ1) is 12.1. The van der Waals surface area contributed by atoms with Crippen LogP contribution >= 0.6 is 0 Å². The van der Waals surface area contributed by atoms with E-state index in [0.717, 1.165) is 31.2 Å². The molecule has 0 bridgehead atoms. The van der Waals surface area contributed by atoms with Gasteiger partial charge in [-0.15, -0.1) is 0 Å². The summed E-state index contributed by atoms with van der Waals surface area (Å²) in [7, 11) is 1.64. The number of methoxy groups -OCH3 is 1. The van der Waals surface area contributed by atoms with Crippen molar-refractivity contribution in [2.75, 3.05) is 38.7 Å². The maximum absolute atomic E-state index is 12.0. The zero-order valence-corrected chi connectivity index (χ0v) is 10.0. The highest BCUT2D eigenvalue weighted by molar-refractivity contribution is 5.42. The Morgan fingerprint density at radius 1 is 1.59 bits per heavy atom. The molecule has 94 valence electrons. The molecule has 1 aromatic rings. The lowest BCUT2D eigenvalue weighted by Crippen LogP contribution is -2.54. The van der Waals surface area contributed by atoms with E-state index >= 15 is 0 Å². The lowest BCUT2D eigenvalue weighted by molar-refractivity contribution is 0.155. The van der Waals surface area contributed by atoms with Gasteiger partial charge in [-0.1, -0.05) is 0 Å². The second kappa shape index (κ2) is 5.82. The predicted molar refractivity (Wildman–Crippen MR) is 65.2 cm³/mol. The number of halogens is 1. The van der Waals surface area contributed by atoms with Gasteiger partial charge in [0.05, 0.1) is 19.8 Å². The van der Waals surface area contributed by atoms with Gasteiger partial charge >= 0.3 is 0 Å². The number of nitrogens with one attached hydrogen (secondary N) is 1. The third-order valence-corrected chi connectivity index (χ3v) is 2.88. The van der Waals surface area contributed by atoms with Crippen LogP contribution in [0.15, 0.2) is 18.3 Å². The summed E-state index contributed by atoms with van der Waals surface area (Å²) >= 11 is 0. The Morgan fingerprint density at radius 2 is 2.41 bits per heavy atom. The molecule has 0 amide bonds. The summed E-state index contributed by atoms with van der Waals surface area (Å²) in [5, 5.41) is 3.33. The van der Waals surface area contributed by atoms with Crippen molar-refractivity contribution in [3.05, 3.63) is 18.3 Å². The van der Waals surface area contributed by atoms with Crippen molar-refractivity contribution >= 4 is 5.82 Å². The average molecular weight is 239 g/mol. The van der Waals surface area contributed by atoms with Crippen molar-refractivity contribution in [2.45, 2.75) is 12.5 Å². The van der Waals surface area contributed by atoms with E-state index in [0.29, 0.717) is 12.5 Å². The molecule has 1 aromatic heterocycles. The summed E-state index contributed by atoms with van der Waals surface area (Å²) in [6.45, 7) is 2.53. The number of pyridine rings is 1. The first-order chi connectivity index (χ1) is 8.31. The van der Waals surface area contributed by atoms with Crippen LogP contribution in [0.25, 0.3) is 0 Å². The van der Waals surface area contributed by atoms with E-state index in [2.05, 4.69) is 15.2 Å². The van der Waals surface area contributed by atoms with Gasteiger partial charge in [0.15, 0.2) is 0 Å². The van der Waals surface area contributed by atoms with Crippen LogP contribution in [0.2, 0.25) is 0 Å².